The lowest BCUT2D eigenvalue weighted by Crippen LogP contribution is -2.47. The molecule has 1 aliphatic rings. The molecule has 0 saturated heterocycles. The Hall–Kier alpha value is -5.98. The third kappa shape index (κ3) is 7.64. The van der Waals surface area contributed by atoms with Gasteiger partial charge in [0.25, 0.3) is 5.91 Å². The second-order valence-electron chi connectivity index (χ2n) is 12.5. The number of nitrogens with zero attached hydrogens (tertiary/aromatic N) is 2. The van der Waals surface area contributed by atoms with Crippen LogP contribution in [0.4, 0.5) is 37.8 Å². The number of hydrogen-bond donors (Lipinski definition) is 2. The number of hydrogen-bond acceptors (Lipinski definition) is 4. The summed E-state index contributed by atoms with van der Waals surface area (Å²) in [4.78, 5) is 45.7. The molecule has 1 aliphatic carbocycles. The van der Waals surface area contributed by atoms with E-state index in [2.05, 4.69) is 15.6 Å². The van der Waals surface area contributed by atoms with Crippen molar-refractivity contribution in [2.24, 2.45) is 0 Å². The molecule has 0 aliphatic heterocycles. The van der Waals surface area contributed by atoms with E-state index in [1.165, 1.54) is 42.3 Å². The molecule has 3 amide bonds. The molecule has 53 heavy (non-hydrogen) atoms. The van der Waals surface area contributed by atoms with Gasteiger partial charge in [0.05, 0.1) is 17.4 Å². The van der Waals surface area contributed by atoms with E-state index in [0.29, 0.717) is 27.9 Å². The Bertz CT molecular complexity index is 2100. The van der Waals surface area contributed by atoms with Crippen LogP contribution in [0.5, 0.6) is 0 Å². The predicted octanol–water partition coefficient (Wildman–Crippen LogP) is 8.80. The number of rotatable bonds is 10. The summed E-state index contributed by atoms with van der Waals surface area (Å²) in [6.07, 6.45) is -7.42. The van der Waals surface area contributed by atoms with Gasteiger partial charge >= 0.3 is 12.4 Å². The molecule has 0 saturated carbocycles. The van der Waals surface area contributed by atoms with E-state index in [-0.39, 0.29) is 36.7 Å². The molecule has 0 spiro atoms. The Kier molecular flexibility index (Phi) is 10.1. The SMILES string of the molecule is CC(=O)N(CCCC1(C(=O)NCC(F)(F)F)c2ccccc2-c2ccccc21)c1ccc(NC(=O)c2ccccc2-c2ccc(C(F)(F)F)cc2)nc1. The number of halogens is 6. The monoisotopic (exact) mass is 730 g/mol. The van der Waals surface area contributed by atoms with E-state index in [0.717, 1.165) is 23.3 Å². The maximum atomic E-state index is 13.8. The largest absolute Gasteiger partial charge is 0.416 e. The fourth-order valence-electron chi connectivity index (χ4n) is 6.83. The van der Waals surface area contributed by atoms with Gasteiger partial charge in [-0.15, -0.1) is 0 Å². The maximum absolute atomic E-state index is 13.8. The third-order valence-electron chi connectivity index (χ3n) is 9.21. The van der Waals surface area contributed by atoms with Crippen LogP contribution in [-0.2, 0) is 21.2 Å². The van der Waals surface area contributed by atoms with Crippen molar-refractivity contribution in [1.82, 2.24) is 10.3 Å². The number of benzene rings is 4. The quantitative estimate of drug-likeness (QED) is 0.141. The normalized spacial score (nSPS) is 13.1. The first-order valence-electron chi connectivity index (χ1n) is 16.6. The molecule has 6 rings (SSSR count). The second kappa shape index (κ2) is 14.6. The fraction of sp³-hybridized carbons (Fsp3) is 0.200. The van der Waals surface area contributed by atoms with E-state index in [1.807, 2.05) is 12.1 Å². The minimum Gasteiger partial charge on any atom is -0.346 e. The lowest BCUT2D eigenvalue weighted by Gasteiger charge is -2.32. The van der Waals surface area contributed by atoms with Gasteiger partial charge in [0, 0.05) is 19.0 Å². The number of nitrogens with one attached hydrogen (secondary N) is 2. The highest BCUT2D eigenvalue weighted by Gasteiger charge is 2.49. The molecule has 5 aromatic rings. The zero-order valence-electron chi connectivity index (χ0n) is 28.2. The fourth-order valence-corrected chi connectivity index (χ4v) is 6.83. The number of anilines is 2. The predicted molar refractivity (Wildman–Crippen MR) is 188 cm³/mol. The van der Waals surface area contributed by atoms with Crippen LogP contribution in [0.3, 0.4) is 0 Å². The van der Waals surface area contributed by atoms with E-state index in [1.54, 1.807) is 60.7 Å². The highest BCUT2D eigenvalue weighted by atomic mass is 19.4. The van der Waals surface area contributed by atoms with Gasteiger partial charge < -0.3 is 15.5 Å². The van der Waals surface area contributed by atoms with E-state index >= 15 is 0 Å². The number of alkyl halides is 6. The molecule has 0 bridgehead atoms. The lowest BCUT2D eigenvalue weighted by atomic mass is 9.73. The van der Waals surface area contributed by atoms with Crippen LogP contribution in [0.25, 0.3) is 22.3 Å². The first-order chi connectivity index (χ1) is 25.2. The van der Waals surface area contributed by atoms with E-state index in [9.17, 15) is 40.7 Å². The van der Waals surface area contributed by atoms with Crippen LogP contribution < -0.4 is 15.5 Å². The summed E-state index contributed by atoms with van der Waals surface area (Å²) in [6, 6.07) is 28.2. The number of carbonyl (C=O) groups is 3. The first-order valence-corrected chi connectivity index (χ1v) is 16.6. The second-order valence-corrected chi connectivity index (χ2v) is 12.5. The van der Waals surface area contributed by atoms with Crippen LogP contribution in [-0.4, -0.2) is 42.0 Å². The standard InChI is InChI=1S/C40H32F6N4O3/c1-25(51)50(22-8-21-38(37(53)48-24-39(41,42)43)33-13-6-4-10-30(33)31-11-5-7-14-34(31)38)28-19-20-35(47-23-28)49-36(52)32-12-3-2-9-29(32)26-15-17-27(18-16-26)40(44,45)46/h2-7,9-20,23H,8,21-22,24H2,1H3,(H,48,53)(H,47,49,52). The minimum atomic E-state index is -4.62. The van der Waals surface area contributed by atoms with Crippen molar-refractivity contribution >= 4 is 29.2 Å². The van der Waals surface area contributed by atoms with Gasteiger partial charge in [-0.3, -0.25) is 14.4 Å². The zero-order valence-corrected chi connectivity index (χ0v) is 28.2. The zero-order chi connectivity index (χ0) is 38.0. The molecule has 1 heterocycles. The Morgan fingerprint density at radius 3 is 1.87 bits per heavy atom. The maximum Gasteiger partial charge on any atom is 0.416 e. The molecule has 13 heteroatoms. The topological polar surface area (TPSA) is 91.4 Å². The van der Waals surface area contributed by atoms with Gasteiger partial charge in [0.2, 0.25) is 11.8 Å². The molecule has 0 atom stereocenters. The van der Waals surface area contributed by atoms with Crippen molar-refractivity contribution in [3.63, 3.8) is 0 Å². The summed E-state index contributed by atoms with van der Waals surface area (Å²) in [5.74, 6) is -1.56. The van der Waals surface area contributed by atoms with E-state index in [4.69, 9.17) is 0 Å². The van der Waals surface area contributed by atoms with Crippen molar-refractivity contribution in [1.29, 1.82) is 0 Å². The average molecular weight is 731 g/mol. The van der Waals surface area contributed by atoms with Crippen LogP contribution >= 0.6 is 0 Å². The lowest BCUT2D eigenvalue weighted by molar-refractivity contribution is -0.141. The Morgan fingerprint density at radius 2 is 1.32 bits per heavy atom. The van der Waals surface area contributed by atoms with Gasteiger partial charge in [-0.2, -0.15) is 26.3 Å². The molecule has 0 fully saturated rings. The molecule has 0 unspecified atom stereocenters. The van der Waals surface area contributed by atoms with Gasteiger partial charge in [-0.1, -0.05) is 78.9 Å². The van der Waals surface area contributed by atoms with E-state index < -0.39 is 41.7 Å². The van der Waals surface area contributed by atoms with Crippen LogP contribution in [0.2, 0.25) is 0 Å². The van der Waals surface area contributed by atoms with Crippen molar-refractivity contribution in [2.45, 2.75) is 37.5 Å². The molecular formula is C40H32F6N4O3. The Morgan fingerprint density at radius 1 is 0.736 bits per heavy atom. The van der Waals surface area contributed by atoms with Gasteiger partial charge in [-0.25, -0.2) is 4.98 Å². The van der Waals surface area contributed by atoms with Crippen molar-refractivity contribution in [2.75, 3.05) is 23.3 Å². The van der Waals surface area contributed by atoms with Gasteiger partial charge in [0.1, 0.15) is 17.8 Å². The smallest absolute Gasteiger partial charge is 0.346 e. The van der Waals surface area contributed by atoms with Crippen LogP contribution in [0, 0.1) is 0 Å². The molecule has 0 radical (unpaired) electrons. The number of pyridine rings is 1. The highest BCUT2D eigenvalue weighted by molar-refractivity contribution is 6.08. The summed E-state index contributed by atoms with van der Waals surface area (Å²) in [5, 5.41) is 4.78. The molecular weight excluding hydrogens is 698 g/mol. The van der Waals surface area contributed by atoms with Crippen molar-refractivity contribution in [3.05, 3.63) is 138 Å². The molecule has 2 N–H and O–H groups in total. The molecule has 272 valence electrons. The van der Waals surface area contributed by atoms with Gasteiger partial charge in [0.15, 0.2) is 0 Å². The Balaban J connectivity index is 1.19. The summed E-state index contributed by atoms with van der Waals surface area (Å²) >= 11 is 0. The number of fused-ring (bicyclic) bond motifs is 3. The minimum absolute atomic E-state index is 0.0917. The molecule has 1 aromatic heterocycles. The highest BCUT2D eigenvalue weighted by Crippen LogP contribution is 2.51. The summed E-state index contributed by atoms with van der Waals surface area (Å²) in [6.45, 7) is -0.0472. The average Bonchev–Trinajstić information content (AvgIpc) is 3.42. The number of amides is 3. The van der Waals surface area contributed by atoms with Crippen molar-refractivity contribution in [3.8, 4) is 22.3 Å². The van der Waals surface area contributed by atoms with Crippen LogP contribution in [0.1, 0.15) is 46.8 Å². The van der Waals surface area contributed by atoms with Gasteiger partial charge in [-0.05, 0) is 76.6 Å². The number of aromatic nitrogens is 1. The summed E-state index contributed by atoms with van der Waals surface area (Å²) in [7, 11) is 0. The summed E-state index contributed by atoms with van der Waals surface area (Å²) < 4.78 is 79.0. The molecule has 4 aromatic carbocycles. The molecule has 7 nitrogen and oxygen atoms in total. The Labute approximate surface area is 300 Å². The number of carbonyl (C=O) groups excluding carboxylic acids is 3. The van der Waals surface area contributed by atoms with Crippen LogP contribution in [0.15, 0.2) is 115 Å². The van der Waals surface area contributed by atoms with Crippen molar-refractivity contribution < 1.29 is 40.7 Å². The summed E-state index contributed by atoms with van der Waals surface area (Å²) in [5.41, 5.74) is 1.80. The first kappa shape index (κ1) is 36.8. The third-order valence-corrected chi connectivity index (χ3v) is 9.21.